The van der Waals surface area contributed by atoms with Crippen LogP contribution in [0, 0.1) is 0 Å². The maximum Gasteiger partial charge on any atom is 0.234 e. The van der Waals surface area contributed by atoms with Gasteiger partial charge in [0.15, 0.2) is 5.82 Å². The second-order valence-electron chi connectivity index (χ2n) is 8.00. The van der Waals surface area contributed by atoms with E-state index >= 15 is 0 Å². The van der Waals surface area contributed by atoms with Crippen LogP contribution >= 0.6 is 0 Å². The van der Waals surface area contributed by atoms with Gasteiger partial charge in [-0.2, -0.15) is 0 Å². The van der Waals surface area contributed by atoms with Gasteiger partial charge < -0.3 is 15.4 Å². The fraction of sp³-hybridized carbons (Fsp3) is 0.318. The number of ether oxygens (including phenoxy) is 1. The third kappa shape index (κ3) is 3.62. The maximum atomic E-state index is 6.71. The van der Waals surface area contributed by atoms with Crippen LogP contribution < -0.4 is 26.6 Å². The zero-order valence-corrected chi connectivity index (χ0v) is 17.4. The zero-order valence-electron chi connectivity index (χ0n) is 17.4. The summed E-state index contributed by atoms with van der Waals surface area (Å²) in [6.07, 6.45) is 4.04. The number of para-hydroxylation sites is 2. The number of nitrogens with one attached hydrogen (secondary N) is 1. The van der Waals surface area contributed by atoms with Crippen molar-refractivity contribution in [1.82, 2.24) is 20.3 Å². The molecule has 2 aliphatic heterocycles. The van der Waals surface area contributed by atoms with Gasteiger partial charge in [0.25, 0.3) is 0 Å². The van der Waals surface area contributed by atoms with E-state index in [1.165, 1.54) is 12.8 Å². The Morgan fingerprint density at radius 1 is 1.16 bits per heavy atom. The average Bonchev–Trinajstić information content (AvgIpc) is 3.34. The van der Waals surface area contributed by atoms with E-state index in [4.69, 9.17) is 16.2 Å². The molecule has 5 N–H and O–H groups in total. The Balaban J connectivity index is 1.38. The Morgan fingerprint density at radius 2 is 1.94 bits per heavy atom. The molecule has 9 nitrogen and oxygen atoms in total. The molecule has 0 saturated carbocycles. The van der Waals surface area contributed by atoms with E-state index in [1.54, 1.807) is 11.2 Å². The molecule has 1 aromatic heterocycles. The predicted octanol–water partition coefficient (Wildman–Crippen LogP) is 1.51. The molecular weight excluding hydrogens is 392 g/mol. The van der Waals surface area contributed by atoms with Crippen molar-refractivity contribution >= 4 is 22.8 Å². The number of aliphatic imine (C=N–C) groups is 1. The molecule has 1 fully saturated rings. The number of likely N-dealkylation sites (tertiary alicyclic amines) is 1. The van der Waals surface area contributed by atoms with Gasteiger partial charge in [-0.3, -0.25) is 16.1 Å². The molecule has 31 heavy (non-hydrogen) atoms. The molecule has 9 heteroatoms. The van der Waals surface area contributed by atoms with Gasteiger partial charge >= 0.3 is 0 Å². The second kappa shape index (κ2) is 7.68. The highest BCUT2D eigenvalue weighted by atomic mass is 16.5. The van der Waals surface area contributed by atoms with Gasteiger partial charge in [-0.15, -0.1) is 0 Å². The Bertz CT molecular complexity index is 1120. The fourth-order valence-corrected chi connectivity index (χ4v) is 4.12. The van der Waals surface area contributed by atoms with E-state index in [0.717, 1.165) is 28.9 Å². The van der Waals surface area contributed by atoms with E-state index in [0.29, 0.717) is 18.5 Å². The minimum absolute atomic E-state index is 0.210. The van der Waals surface area contributed by atoms with Gasteiger partial charge in [0.1, 0.15) is 12.4 Å². The number of nitrogens with two attached hydrogens (primary N) is 2. The number of rotatable bonds is 5. The lowest BCUT2D eigenvalue weighted by Gasteiger charge is -2.32. The summed E-state index contributed by atoms with van der Waals surface area (Å²) in [4.78, 5) is 15.9. The third-order valence-electron chi connectivity index (χ3n) is 5.92. The summed E-state index contributed by atoms with van der Waals surface area (Å²) < 4.78 is 6.00. The number of aromatic nitrogens is 2. The Kier molecular flexibility index (Phi) is 4.84. The first-order valence-corrected chi connectivity index (χ1v) is 10.4. The summed E-state index contributed by atoms with van der Waals surface area (Å²) in [6.45, 7) is 1.80. The molecule has 0 bridgehead atoms. The first-order valence-electron chi connectivity index (χ1n) is 10.4. The van der Waals surface area contributed by atoms with Crippen LogP contribution in [0.2, 0.25) is 0 Å². The van der Waals surface area contributed by atoms with Gasteiger partial charge in [0, 0.05) is 11.6 Å². The smallest absolute Gasteiger partial charge is 0.234 e. The van der Waals surface area contributed by atoms with Crippen LogP contribution in [0.25, 0.3) is 11.0 Å². The van der Waals surface area contributed by atoms with Gasteiger partial charge in [0.05, 0.1) is 17.2 Å². The maximum absolute atomic E-state index is 6.71. The molecule has 0 radical (unpaired) electrons. The Hall–Kier alpha value is -3.43. The van der Waals surface area contributed by atoms with Gasteiger partial charge in [-0.1, -0.05) is 12.1 Å². The normalized spacial score (nSPS) is 23.7. The lowest BCUT2D eigenvalue weighted by Crippen LogP contribution is -2.55. The number of likely N-dealkylation sites (N-methyl/N-ethyl adjacent to an activating group) is 1. The van der Waals surface area contributed by atoms with E-state index < -0.39 is 5.79 Å². The molecule has 3 aromatic rings. The molecule has 5 rings (SSSR count). The summed E-state index contributed by atoms with van der Waals surface area (Å²) in [6, 6.07) is 15.7. The third-order valence-corrected chi connectivity index (χ3v) is 5.92. The monoisotopic (exact) mass is 418 g/mol. The summed E-state index contributed by atoms with van der Waals surface area (Å²) in [5.41, 5.74) is 18.0. The molecule has 0 spiro atoms. The molecular formula is C22H26N8O. The van der Waals surface area contributed by atoms with Gasteiger partial charge in [-0.05, 0) is 62.8 Å². The number of benzene rings is 2. The molecule has 1 saturated heterocycles. The van der Waals surface area contributed by atoms with Crippen molar-refractivity contribution < 1.29 is 4.74 Å². The molecule has 2 atom stereocenters. The lowest BCUT2D eigenvalue weighted by molar-refractivity contribution is 0.198. The largest absolute Gasteiger partial charge is 0.492 e. The zero-order chi connectivity index (χ0) is 21.4. The van der Waals surface area contributed by atoms with Crippen LogP contribution in [-0.4, -0.2) is 47.1 Å². The quantitative estimate of drug-likeness (QED) is 0.571. The fourth-order valence-electron chi connectivity index (χ4n) is 4.12. The number of fused-ring (bicyclic) bond motifs is 1. The van der Waals surface area contributed by atoms with Crippen molar-refractivity contribution in [3.8, 4) is 5.75 Å². The molecule has 0 amide bonds. The molecule has 2 aliphatic rings. The Labute approximate surface area is 180 Å². The van der Waals surface area contributed by atoms with E-state index in [1.807, 2.05) is 48.5 Å². The molecule has 160 valence electrons. The summed E-state index contributed by atoms with van der Waals surface area (Å²) >= 11 is 0. The van der Waals surface area contributed by atoms with Crippen molar-refractivity contribution in [2.75, 3.05) is 25.2 Å². The SMILES string of the molecule is CN1CCCC1COc1ccc(C2(N)N=C(N)NN2c2cnc3ccccc3n2)cc1. The summed E-state index contributed by atoms with van der Waals surface area (Å²) in [5, 5.41) is 1.63. The van der Waals surface area contributed by atoms with E-state index in [-0.39, 0.29) is 5.96 Å². The van der Waals surface area contributed by atoms with Crippen LogP contribution in [0.5, 0.6) is 5.75 Å². The number of hydrazine groups is 1. The molecule has 2 unspecified atom stereocenters. The number of hydrogen-bond donors (Lipinski definition) is 3. The highest BCUT2D eigenvalue weighted by molar-refractivity contribution is 5.84. The van der Waals surface area contributed by atoms with Crippen molar-refractivity contribution in [3.05, 3.63) is 60.3 Å². The van der Waals surface area contributed by atoms with Gasteiger partial charge in [0.2, 0.25) is 11.7 Å². The van der Waals surface area contributed by atoms with Gasteiger partial charge in [-0.25, -0.2) is 15.0 Å². The first kappa shape index (κ1) is 19.5. The molecule has 2 aromatic carbocycles. The standard InChI is InChI=1S/C22H26N8O/c1-29-12-4-5-16(29)14-31-17-10-8-15(9-11-17)22(24)27-21(23)28-30(22)20-13-25-18-6-2-3-7-19(18)26-20/h2-3,6-11,13,16H,4-5,12,14,24H2,1H3,(H3,23,27,28). The van der Waals surface area contributed by atoms with Crippen molar-refractivity contribution in [1.29, 1.82) is 0 Å². The minimum atomic E-state index is -1.26. The average molecular weight is 419 g/mol. The summed E-state index contributed by atoms with van der Waals surface area (Å²) in [7, 11) is 2.14. The summed E-state index contributed by atoms with van der Waals surface area (Å²) in [5.74, 6) is 0.274. The molecule has 3 heterocycles. The van der Waals surface area contributed by atoms with Crippen LogP contribution in [0.15, 0.2) is 59.7 Å². The minimum Gasteiger partial charge on any atom is -0.492 e. The first-order chi connectivity index (χ1) is 15.0. The van der Waals surface area contributed by atoms with E-state index in [9.17, 15) is 0 Å². The second-order valence-corrected chi connectivity index (χ2v) is 8.00. The van der Waals surface area contributed by atoms with Crippen molar-refractivity contribution in [2.45, 2.75) is 24.7 Å². The Morgan fingerprint density at radius 3 is 2.68 bits per heavy atom. The van der Waals surface area contributed by atoms with Crippen LogP contribution in [-0.2, 0) is 5.79 Å². The van der Waals surface area contributed by atoms with Crippen LogP contribution in [0.4, 0.5) is 5.82 Å². The van der Waals surface area contributed by atoms with E-state index in [2.05, 4.69) is 32.3 Å². The highest BCUT2D eigenvalue weighted by Crippen LogP contribution is 2.32. The number of anilines is 1. The lowest BCUT2D eigenvalue weighted by atomic mass is 10.1. The van der Waals surface area contributed by atoms with Crippen LogP contribution in [0.1, 0.15) is 18.4 Å². The number of hydrogen-bond acceptors (Lipinski definition) is 9. The topological polar surface area (TPSA) is 118 Å². The predicted molar refractivity (Wildman–Crippen MR) is 120 cm³/mol. The van der Waals surface area contributed by atoms with Crippen molar-refractivity contribution in [3.63, 3.8) is 0 Å². The highest BCUT2D eigenvalue weighted by Gasteiger charge is 2.41. The van der Waals surface area contributed by atoms with Crippen LogP contribution in [0.3, 0.4) is 0 Å². The number of guanidine groups is 1. The van der Waals surface area contributed by atoms with Crippen molar-refractivity contribution in [2.24, 2.45) is 16.5 Å². The molecule has 0 aliphatic carbocycles. The number of nitrogens with zero attached hydrogens (tertiary/aromatic N) is 5.